The SMILES string of the molecule is Cc1noc(CCCNC(=O)c2ccc(Cl)c(S(=O)(=O)N3CCCCCC3)c2)n1. The summed E-state index contributed by atoms with van der Waals surface area (Å²) in [5.74, 6) is 0.744. The molecule has 1 amide bonds. The van der Waals surface area contributed by atoms with E-state index in [2.05, 4.69) is 15.5 Å². The van der Waals surface area contributed by atoms with E-state index in [4.69, 9.17) is 16.1 Å². The Hall–Kier alpha value is -1.97. The van der Waals surface area contributed by atoms with Gasteiger partial charge in [-0.2, -0.15) is 9.29 Å². The van der Waals surface area contributed by atoms with Crippen LogP contribution in [0.5, 0.6) is 0 Å². The number of hydrogen-bond donors (Lipinski definition) is 1. The third kappa shape index (κ3) is 5.55. The van der Waals surface area contributed by atoms with Crippen molar-refractivity contribution in [1.82, 2.24) is 19.8 Å². The molecule has 0 saturated carbocycles. The number of sulfonamides is 1. The fraction of sp³-hybridized carbons (Fsp3) is 0.526. The van der Waals surface area contributed by atoms with E-state index in [1.165, 1.54) is 22.5 Å². The fourth-order valence-corrected chi connectivity index (χ4v) is 5.27. The molecule has 0 spiro atoms. The summed E-state index contributed by atoms with van der Waals surface area (Å²) < 4.78 is 32.6. The highest BCUT2D eigenvalue weighted by Gasteiger charge is 2.28. The van der Waals surface area contributed by atoms with Crippen molar-refractivity contribution in [2.45, 2.75) is 50.3 Å². The molecule has 8 nitrogen and oxygen atoms in total. The van der Waals surface area contributed by atoms with Crippen LogP contribution in [0.1, 0.15) is 54.2 Å². The first kappa shape index (κ1) is 21.7. The molecule has 1 aliphatic rings. The molecule has 29 heavy (non-hydrogen) atoms. The van der Waals surface area contributed by atoms with Gasteiger partial charge >= 0.3 is 0 Å². The molecule has 0 aliphatic carbocycles. The first-order chi connectivity index (χ1) is 13.9. The Morgan fingerprint density at radius 3 is 2.62 bits per heavy atom. The number of hydrogen-bond acceptors (Lipinski definition) is 6. The standard InChI is InChI=1S/C19H25ClN4O4S/c1-14-22-18(28-23-14)7-6-10-21-19(25)15-8-9-16(20)17(13-15)29(26,27)24-11-4-2-3-5-12-24/h8-9,13H,2-7,10-12H2,1H3,(H,21,25). The monoisotopic (exact) mass is 440 g/mol. The van der Waals surface area contributed by atoms with Crippen LogP contribution in [0, 0.1) is 6.92 Å². The van der Waals surface area contributed by atoms with Gasteiger partial charge in [0.1, 0.15) is 4.90 Å². The quantitative estimate of drug-likeness (QED) is 0.663. The van der Waals surface area contributed by atoms with Gasteiger partial charge in [-0.25, -0.2) is 8.42 Å². The number of amides is 1. The Morgan fingerprint density at radius 2 is 1.97 bits per heavy atom. The van der Waals surface area contributed by atoms with Gasteiger partial charge in [-0.15, -0.1) is 0 Å². The van der Waals surface area contributed by atoms with E-state index >= 15 is 0 Å². The van der Waals surface area contributed by atoms with Crippen molar-refractivity contribution in [3.05, 3.63) is 40.5 Å². The zero-order valence-corrected chi connectivity index (χ0v) is 17.9. The average molecular weight is 441 g/mol. The lowest BCUT2D eigenvalue weighted by Gasteiger charge is -2.21. The Balaban J connectivity index is 1.65. The predicted molar refractivity (Wildman–Crippen MR) is 108 cm³/mol. The number of nitrogens with zero attached hydrogens (tertiary/aromatic N) is 3. The zero-order valence-electron chi connectivity index (χ0n) is 16.4. The van der Waals surface area contributed by atoms with Crippen LogP contribution in [0.3, 0.4) is 0 Å². The Labute approximate surface area is 175 Å². The van der Waals surface area contributed by atoms with Crippen molar-refractivity contribution >= 4 is 27.5 Å². The van der Waals surface area contributed by atoms with E-state index in [1.54, 1.807) is 6.92 Å². The second-order valence-corrected chi connectivity index (χ2v) is 9.37. The number of halogens is 1. The molecular formula is C19H25ClN4O4S. The highest BCUT2D eigenvalue weighted by atomic mass is 35.5. The maximum atomic E-state index is 13.0. The van der Waals surface area contributed by atoms with Gasteiger partial charge in [-0.05, 0) is 44.4 Å². The molecule has 1 N–H and O–H groups in total. The topological polar surface area (TPSA) is 105 Å². The summed E-state index contributed by atoms with van der Waals surface area (Å²) in [5.41, 5.74) is 0.261. The van der Waals surface area contributed by atoms with Crippen LogP contribution in [-0.2, 0) is 16.4 Å². The van der Waals surface area contributed by atoms with Gasteiger partial charge in [0.05, 0.1) is 5.02 Å². The summed E-state index contributed by atoms with van der Waals surface area (Å²) >= 11 is 6.18. The van der Waals surface area contributed by atoms with E-state index in [-0.39, 0.29) is 21.4 Å². The predicted octanol–water partition coefficient (Wildman–Crippen LogP) is 2.96. The minimum Gasteiger partial charge on any atom is -0.352 e. The van der Waals surface area contributed by atoms with Gasteiger partial charge < -0.3 is 9.84 Å². The zero-order chi connectivity index (χ0) is 20.9. The van der Waals surface area contributed by atoms with E-state index < -0.39 is 10.0 Å². The summed E-state index contributed by atoms with van der Waals surface area (Å²) in [5, 5.41) is 6.62. The summed E-state index contributed by atoms with van der Waals surface area (Å²) in [7, 11) is -3.74. The fourth-order valence-electron chi connectivity index (χ4n) is 3.25. The highest BCUT2D eigenvalue weighted by molar-refractivity contribution is 7.89. The van der Waals surface area contributed by atoms with Crippen LogP contribution >= 0.6 is 11.6 Å². The van der Waals surface area contributed by atoms with Crippen LogP contribution in [0.4, 0.5) is 0 Å². The number of carbonyl (C=O) groups excluding carboxylic acids is 1. The minimum atomic E-state index is -3.74. The summed E-state index contributed by atoms with van der Waals surface area (Å²) in [6.45, 7) is 3.10. The van der Waals surface area contributed by atoms with Crippen molar-refractivity contribution in [2.75, 3.05) is 19.6 Å². The van der Waals surface area contributed by atoms with Crippen LogP contribution in [0.25, 0.3) is 0 Å². The smallest absolute Gasteiger partial charge is 0.251 e. The Bertz CT molecular complexity index is 953. The van der Waals surface area contributed by atoms with Crippen molar-refractivity contribution in [2.24, 2.45) is 0 Å². The number of benzene rings is 1. The van der Waals surface area contributed by atoms with Crippen molar-refractivity contribution in [1.29, 1.82) is 0 Å². The molecule has 1 aromatic heterocycles. The molecule has 3 rings (SSSR count). The summed E-state index contributed by atoms with van der Waals surface area (Å²) in [6, 6.07) is 4.35. The summed E-state index contributed by atoms with van der Waals surface area (Å²) in [4.78, 5) is 16.6. The largest absolute Gasteiger partial charge is 0.352 e. The lowest BCUT2D eigenvalue weighted by atomic mass is 10.2. The van der Waals surface area contributed by atoms with Gasteiger partial charge in [0.25, 0.3) is 5.91 Å². The molecule has 0 bridgehead atoms. The van der Waals surface area contributed by atoms with Crippen molar-refractivity contribution < 1.29 is 17.7 Å². The van der Waals surface area contributed by atoms with Crippen LogP contribution in [-0.4, -0.2) is 48.4 Å². The molecule has 0 unspecified atom stereocenters. The summed E-state index contributed by atoms with van der Waals surface area (Å²) in [6.07, 6.45) is 4.88. The number of aromatic nitrogens is 2. The lowest BCUT2D eigenvalue weighted by molar-refractivity contribution is 0.0952. The lowest BCUT2D eigenvalue weighted by Crippen LogP contribution is -2.32. The minimum absolute atomic E-state index is 0.0185. The van der Waals surface area contributed by atoms with Gasteiger partial charge in [0.2, 0.25) is 15.9 Å². The number of nitrogens with one attached hydrogen (secondary N) is 1. The van der Waals surface area contributed by atoms with Crippen molar-refractivity contribution in [3.63, 3.8) is 0 Å². The second-order valence-electron chi connectivity index (χ2n) is 7.06. The van der Waals surface area contributed by atoms with Gasteiger partial charge in [-0.3, -0.25) is 4.79 Å². The maximum absolute atomic E-state index is 13.0. The molecule has 1 aromatic carbocycles. The van der Waals surface area contributed by atoms with E-state index in [9.17, 15) is 13.2 Å². The van der Waals surface area contributed by atoms with Gasteiger partial charge in [0, 0.05) is 31.6 Å². The van der Waals surface area contributed by atoms with Crippen molar-refractivity contribution in [3.8, 4) is 0 Å². The van der Waals surface area contributed by atoms with Crippen LogP contribution in [0.2, 0.25) is 5.02 Å². The van der Waals surface area contributed by atoms with Crippen LogP contribution in [0.15, 0.2) is 27.6 Å². The van der Waals surface area contributed by atoms with E-state index in [0.717, 1.165) is 25.7 Å². The molecule has 1 aliphatic heterocycles. The number of aryl methyl sites for hydroxylation is 2. The first-order valence-corrected chi connectivity index (χ1v) is 11.6. The average Bonchev–Trinajstić information content (AvgIpc) is 2.93. The maximum Gasteiger partial charge on any atom is 0.251 e. The third-order valence-corrected chi connectivity index (χ3v) is 7.18. The van der Waals surface area contributed by atoms with E-state index in [0.29, 0.717) is 44.2 Å². The number of rotatable bonds is 7. The molecule has 158 valence electrons. The molecule has 2 aromatic rings. The molecule has 0 radical (unpaired) electrons. The first-order valence-electron chi connectivity index (χ1n) is 9.75. The number of carbonyl (C=O) groups is 1. The van der Waals surface area contributed by atoms with Gasteiger partial charge in [0.15, 0.2) is 5.82 Å². The van der Waals surface area contributed by atoms with Gasteiger partial charge in [-0.1, -0.05) is 29.6 Å². The molecule has 10 heteroatoms. The second kappa shape index (κ2) is 9.69. The molecular weight excluding hydrogens is 416 g/mol. The molecule has 2 heterocycles. The van der Waals surface area contributed by atoms with E-state index in [1.807, 2.05) is 0 Å². The Kier molecular flexibility index (Phi) is 7.26. The normalized spacial score (nSPS) is 15.8. The molecule has 0 atom stereocenters. The molecule has 1 saturated heterocycles. The molecule has 1 fully saturated rings. The highest BCUT2D eigenvalue weighted by Crippen LogP contribution is 2.27. The third-order valence-electron chi connectivity index (χ3n) is 4.80. The van der Waals surface area contributed by atoms with Crippen LogP contribution < -0.4 is 5.32 Å². The Morgan fingerprint density at radius 1 is 1.24 bits per heavy atom.